The number of nitrogens with two attached hydrogens (primary N) is 1. The molecule has 11 heteroatoms. The number of nitrogens with one attached hydrogen (secondary N) is 1. The SMILES string of the molecule is Cc1cc(F)ccc1C12C(=O)N1CCCC2NCCc1cc(C(F)(F)F)cc(C(F)(F)F)c1N. The number of nitrogen functional groups attached to an aromatic ring is 1. The Morgan fingerprint density at radius 3 is 2.44 bits per heavy atom. The van der Waals surface area contributed by atoms with Crippen LogP contribution in [0.4, 0.5) is 36.4 Å². The fourth-order valence-electron chi connectivity index (χ4n) is 5.01. The van der Waals surface area contributed by atoms with Gasteiger partial charge >= 0.3 is 12.4 Å². The number of anilines is 1. The maximum Gasteiger partial charge on any atom is 0.418 e. The number of nitrogens with zero attached hydrogens (tertiary/aromatic N) is 1. The van der Waals surface area contributed by atoms with E-state index >= 15 is 0 Å². The molecule has 2 unspecified atom stereocenters. The van der Waals surface area contributed by atoms with Gasteiger partial charge in [0.05, 0.1) is 11.1 Å². The number of benzene rings is 2. The number of halogens is 7. The van der Waals surface area contributed by atoms with Gasteiger partial charge in [-0.05, 0) is 73.7 Å². The summed E-state index contributed by atoms with van der Waals surface area (Å²) in [5.74, 6) is -0.590. The first kappa shape index (κ1) is 24.3. The summed E-state index contributed by atoms with van der Waals surface area (Å²) in [5.41, 5.74) is 1.80. The van der Waals surface area contributed by atoms with Gasteiger partial charge in [0, 0.05) is 18.3 Å². The quantitative estimate of drug-likeness (QED) is 0.361. The van der Waals surface area contributed by atoms with Crippen LogP contribution in [0, 0.1) is 12.7 Å². The largest absolute Gasteiger partial charge is 0.418 e. The molecule has 1 amide bonds. The Balaban J connectivity index is 1.59. The second-order valence-corrected chi connectivity index (χ2v) is 8.67. The number of piperidine rings is 1. The summed E-state index contributed by atoms with van der Waals surface area (Å²) in [6.45, 7) is 2.20. The van der Waals surface area contributed by atoms with Crippen molar-refractivity contribution in [3.05, 3.63) is 64.0 Å². The van der Waals surface area contributed by atoms with E-state index in [9.17, 15) is 35.5 Å². The van der Waals surface area contributed by atoms with Crippen molar-refractivity contribution >= 4 is 11.6 Å². The second-order valence-electron chi connectivity index (χ2n) is 8.67. The number of alkyl halides is 6. The van der Waals surface area contributed by atoms with E-state index in [-0.39, 0.29) is 30.5 Å². The van der Waals surface area contributed by atoms with Gasteiger partial charge in [0.25, 0.3) is 5.91 Å². The normalized spacial score (nSPS) is 22.6. The van der Waals surface area contributed by atoms with E-state index in [1.807, 2.05) is 0 Å². The molecule has 0 bridgehead atoms. The van der Waals surface area contributed by atoms with Gasteiger partial charge in [-0.15, -0.1) is 0 Å². The van der Waals surface area contributed by atoms with Crippen molar-refractivity contribution in [2.24, 2.45) is 0 Å². The number of hydrogen-bond acceptors (Lipinski definition) is 3. The minimum absolute atomic E-state index is 0.00339. The number of amides is 1. The lowest BCUT2D eigenvalue weighted by Gasteiger charge is -2.32. The van der Waals surface area contributed by atoms with Crippen LogP contribution in [0.3, 0.4) is 0 Å². The monoisotopic (exact) mass is 489 g/mol. The van der Waals surface area contributed by atoms with Crippen molar-refractivity contribution in [3.63, 3.8) is 0 Å². The molecule has 0 radical (unpaired) electrons. The summed E-state index contributed by atoms with van der Waals surface area (Å²) in [4.78, 5) is 14.5. The summed E-state index contributed by atoms with van der Waals surface area (Å²) < 4.78 is 93.0. The highest BCUT2D eigenvalue weighted by molar-refractivity contribution is 6.04. The molecule has 184 valence electrons. The van der Waals surface area contributed by atoms with Crippen LogP contribution in [0.15, 0.2) is 30.3 Å². The summed E-state index contributed by atoms with van der Waals surface area (Å²) >= 11 is 0. The van der Waals surface area contributed by atoms with Gasteiger partial charge in [0.2, 0.25) is 0 Å². The predicted molar refractivity (Wildman–Crippen MR) is 110 cm³/mol. The fourth-order valence-corrected chi connectivity index (χ4v) is 5.01. The van der Waals surface area contributed by atoms with Crippen LogP contribution < -0.4 is 11.1 Å². The molecular formula is C23H22F7N3O. The fraction of sp³-hybridized carbons (Fsp3) is 0.435. The first-order valence-electron chi connectivity index (χ1n) is 10.7. The van der Waals surface area contributed by atoms with Gasteiger partial charge in [0.1, 0.15) is 5.82 Å². The molecule has 2 heterocycles. The molecule has 3 N–H and O–H groups in total. The molecule has 4 nitrogen and oxygen atoms in total. The van der Waals surface area contributed by atoms with Crippen LogP contribution in [-0.2, 0) is 29.1 Å². The third-order valence-corrected chi connectivity index (χ3v) is 6.61. The summed E-state index contributed by atoms with van der Waals surface area (Å²) in [6, 6.07) is 4.33. The Kier molecular flexibility index (Phi) is 5.82. The van der Waals surface area contributed by atoms with Crippen molar-refractivity contribution in [2.45, 2.75) is 50.1 Å². The smallest absolute Gasteiger partial charge is 0.398 e. The average molecular weight is 489 g/mol. The minimum Gasteiger partial charge on any atom is -0.398 e. The van der Waals surface area contributed by atoms with Gasteiger partial charge in [-0.25, -0.2) is 4.39 Å². The van der Waals surface area contributed by atoms with E-state index in [4.69, 9.17) is 5.73 Å². The number of aryl methyl sites for hydroxylation is 1. The highest BCUT2D eigenvalue weighted by Crippen LogP contribution is 2.52. The summed E-state index contributed by atoms with van der Waals surface area (Å²) in [5, 5.41) is 3.14. The highest BCUT2D eigenvalue weighted by atomic mass is 19.4. The van der Waals surface area contributed by atoms with Gasteiger partial charge in [0.15, 0.2) is 5.54 Å². The Hall–Kier alpha value is -2.82. The Labute approximate surface area is 190 Å². The third kappa shape index (κ3) is 3.99. The summed E-state index contributed by atoms with van der Waals surface area (Å²) in [6.07, 6.45) is -8.98. The molecule has 2 aromatic carbocycles. The minimum atomic E-state index is -5.04. The predicted octanol–water partition coefficient (Wildman–Crippen LogP) is 4.79. The molecule has 34 heavy (non-hydrogen) atoms. The average Bonchev–Trinajstić information content (AvgIpc) is 3.33. The van der Waals surface area contributed by atoms with E-state index in [0.717, 1.165) is 0 Å². The lowest BCUT2D eigenvalue weighted by Crippen LogP contribution is -2.47. The molecular weight excluding hydrogens is 467 g/mol. The van der Waals surface area contributed by atoms with Crippen molar-refractivity contribution in [1.29, 1.82) is 0 Å². The summed E-state index contributed by atoms with van der Waals surface area (Å²) in [7, 11) is 0. The molecule has 0 saturated carbocycles. The van der Waals surface area contributed by atoms with Crippen molar-refractivity contribution in [2.75, 3.05) is 18.8 Å². The van der Waals surface area contributed by atoms with Crippen LogP contribution in [0.5, 0.6) is 0 Å². The van der Waals surface area contributed by atoms with Crippen LogP contribution in [0.2, 0.25) is 0 Å². The Bertz CT molecular complexity index is 1130. The number of carbonyl (C=O) groups is 1. The molecule has 2 aliphatic heterocycles. The van der Waals surface area contributed by atoms with Crippen LogP contribution >= 0.6 is 0 Å². The maximum atomic E-state index is 13.6. The zero-order valence-electron chi connectivity index (χ0n) is 18.1. The van der Waals surface area contributed by atoms with Gasteiger partial charge in [-0.2, -0.15) is 26.3 Å². The lowest BCUT2D eigenvalue weighted by atomic mass is 9.83. The first-order chi connectivity index (χ1) is 15.8. The lowest BCUT2D eigenvalue weighted by molar-refractivity contribution is -0.142. The molecule has 2 saturated heterocycles. The molecule has 2 fully saturated rings. The van der Waals surface area contributed by atoms with E-state index in [0.29, 0.717) is 36.6 Å². The van der Waals surface area contributed by atoms with E-state index in [2.05, 4.69) is 5.32 Å². The van der Waals surface area contributed by atoms with Crippen molar-refractivity contribution in [3.8, 4) is 0 Å². The molecule has 0 spiro atoms. The molecule has 2 aliphatic rings. The van der Waals surface area contributed by atoms with Gasteiger partial charge < -0.3 is 16.0 Å². The molecule has 0 aliphatic carbocycles. The second kappa shape index (κ2) is 8.14. The van der Waals surface area contributed by atoms with E-state index in [1.165, 1.54) is 12.1 Å². The zero-order chi connectivity index (χ0) is 25.1. The van der Waals surface area contributed by atoms with E-state index < -0.39 is 46.6 Å². The molecule has 2 aromatic rings. The Morgan fingerprint density at radius 1 is 1.12 bits per heavy atom. The number of rotatable bonds is 5. The van der Waals surface area contributed by atoms with Crippen molar-refractivity contribution < 1.29 is 35.5 Å². The first-order valence-corrected chi connectivity index (χ1v) is 10.7. The van der Waals surface area contributed by atoms with E-state index in [1.54, 1.807) is 17.9 Å². The third-order valence-electron chi connectivity index (χ3n) is 6.61. The Morgan fingerprint density at radius 2 is 1.82 bits per heavy atom. The molecule has 0 aromatic heterocycles. The number of hydrogen-bond donors (Lipinski definition) is 2. The molecule has 2 atom stereocenters. The van der Waals surface area contributed by atoms with Crippen LogP contribution in [-0.4, -0.2) is 29.9 Å². The van der Waals surface area contributed by atoms with Crippen LogP contribution in [0.25, 0.3) is 0 Å². The van der Waals surface area contributed by atoms with Crippen molar-refractivity contribution in [1.82, 2.24) is 10.2 Å². The van der Waals surface area contributed by atoms with Crippen LogP contribution in [0.1, 0.15) is 40.7 Å². The standard InChI is InChI=1S/C23H22F7N3O/c1-12-9-15(24)4-5-16(12)21-18(3-2-8-33(21)20(21)34)32-7-6-13-10-14(22(25,26)27)11-17(19(13)31)23(28,29)30/h4-5,9-11,18,32H,2-3,6-8,31H2,1H3. The van der Waals surface area contributed by atoms with Gasteiger partial charge in [-0.1, -0.05) is 6.07 Å². The zero-order valence-corrected chi connectivity index (χ0v) is 18.1. The number of carbonyl (C=O) groups excluding carboxylic acids is 1. The highest BCUT2D eigenvalue weighted by Gasteiger charge is 2.69. The maximum absolute atomic E-state index is 13.6. The topological polar surface area (TPSA) is 58.1 Å². The molecule has 4 rings (SSSR count). The number of fused-ring (bicyclic) bond motifs is 1. The van der Waals surface area contributed by atoms with Gasteiger partial charge in [-0.3, -0.25) is 4.79 Å².